The van der Waals surface area contributed by atoms with E-state index in [1.807, 2.05) is 33.0 Å². The van der Waals surface area contributed by atoms with Crippen molar-refractivity contribution in [1.82, 2.24) is 10.6 Å². The molecule has 0 radical (unpaired) electrons. The minimum atomic E-state index is 0. The molecule has 2 N–H and O–H groups in total. The first-order valence-corrected chi connectivity index (χ1v) is 11.2. The Morgan fingerprint density at radius 2 is 1.58 bits per heavy atom. The third kappa shape index (κ3) is 13.0. The summed E-state index contributed by atoms with van der Waals surface area (Å²) in [5.74, 6) is 1.78. The van der Waals surface area contributed by atoms with Crippen LogP contribution in [-0.2, 0) is 17.8 Å². The normalized spacial score (nSPS) is 8.67. The number of methoxy groups -OCH3 is 1. The average molecular weight is 453 g/mol. The van der Waals surface area contributed by atoms with E-state index in [0.29, 0.717) is 0 Å². The van der Waals surface area contributed by atoms with Gasteiger partial charge in [0, 0.05) is 13.6 Å². The van der Waals surface area contributed by atoms with Crippen molar-refractivity contribution >= 4 is 17.1 Å². The molecule has 0 aliphatic heterocycles. The summed E-state index contributed by atoms with van der Waals surface area (Å²) in [6.07, 6.45) is 3.11. The lowest BCUT2D eigenvalue weighted by molar-refractivity contribution is -0.106. The highest BCUT2D eigenvalue weighted by Gasteiger charge is 1.99. The highest BCUT2D eigenvalue weighted by atomic mass is 16.5. The van der Waals surface area contributed by atoms with Gasteiger partial charge in [-0.2, -0.15) is 0 Å². The van der Waals surface area contributed by atoms with E-state index < -0.39 is 0 Å². The van der Waals surface area contributed by atoms with E-state index in [4.69, 9.17) is 9.53 Å². The second kappa shape index (κ2) is 20.6. The van der Waals surface area contributed by atoms with Crippen molar-refractivity contribution in [3.63, 3.8) is 0 Å². The summed E-state index contributed by atoms with van der Waals surface area (Å²) in [6.45, 7) is 12.3. The number of nitrogens with one attached hydrogen (secondary N) is 2. The standard InChI is InChI=1S/C14H16N2.C10H14O.C2H4O.C2H6.CH4/c1-11(15-2)16-10-13-8-5-7-12-6-3-4-9-14(12)13;1-3-4-9-5-7-10(11-2)8-6-9;1-2-3;1-2;/h3-9,15-16H,1,10H2,2H3;5-8H,3-4H2,1-2H3;2H,1H3;1-2H3;1H4. The van der Waals surface area contributed by atoms with Gasteiger partial charge >= 0.3 is 0 Å². The molecular formula is C29H44N2O2. The molecule has 0 saturated heterocycles. The van der Waals surface area contributed by atoms with Crippen LogP contribution < -0.4 is 15.4 Å². The lowest BCUT2D eigenvalue weighted by atomic mass is 10.0. The van der Waals surface area contributed by atoms with Crippen LogP contribution in [0, 0.1) is 0 Å². The predicted molar refractivity (Wildman–Crippen MR) is 146 cm³/mol. The van der Waals surface area contributed by atoms with Crippen molar-refractivity contribution in [3.05, 3.63) is 90.3 Å². The topological polar surface area (TPSA) is 50.4 Å². The number of rotatable bonds is 7. The second-order valence-electron chi connectivity index (χ2n) is 6.55. The van der Waals surface area contributed by atoms with Crippen LogP contribution in [0.3, 0.4) is 0 Å². The molecule has 3 aromatic rings. The van der Waals surface area contributed by atoms with Crippen molar-refractivity contribution in [2.24, 2.45) is 0 Å². The van der Waals surface area contributed by atoms with E-state index in [-0.39, 0.29) is 7.43 Å². The lowest BCUT2D eigenvalue weighted by Crippen LogP contribution is -2.21. The summed E-state index contributed by atoms with van der Waals surface area (Å²) in [4.78, 5) is 8.81. The van der Waals surface area contributed by atoms with E-state index in [1.54, 1.807) is 7.11 Å². The third-order valence-electron chi connectivity index (χ3n) is 4.37. The van der Waals surface area contributed by atoms with E-state index in [9.17, 15) is 0 Å². The minimum Gasteiger partial charge on any atom is -0.497 e. The molecule has 33 heavy (non-hydrogen) atoms. The fraction of sp³-hybridized carbons (Fsp3) is 0.345. The molecule has 182 valence electrons. The number of hydrogen-bond donors (Lipinski definition) is 2. The van der Waals surface area contributed by atoms with Crippen LogP contribution in [0.2, 0.25) is 0 Å². The Labute approximate surface area is 202 Å². The SMILES string of the molecule is C.C=C(NC)NCc1cccc2ccccc12.CC.CC=O.CCCc1ccc(OC)cc1. The monoisotopic (exact) mass is 452 g/mol. The van der Waals surface area contributed by atoms with Crippen LogP contribution in [0.15, 0.2) is 79.1 Å². The zero-order valence-corrected chi connectivity index (χ0v) is 20.6. The number of fused-ring (bicyclic) bond motifs is 1. The fourth-order valence-corrected chi connectivity index (χ4v) is 2.82. The van der Waals surface area contributed by atoms with Crippen LogP contribution in [0.25, 0.3) is 10.8 Å². The Morgan fingerprint density at radius 1 is 1.00 bits per heavy atom. The summed E-state index contributed by atoms with van der Waals surface area (Å²) in [6, 6.07) is 23.0. The van der Waals surface area contributed by atoms with Gasteiger partial charge in [0.15, 0.2) is 0 Å². The second-order valence-corrected chi connectivity index (χ2v) is 6.55. The minimum absolute atomic E-state index is 0. The first-order chi connectivity index (χ1) is 15.6. The fourth-order valence-electron chi connectivity index (χ4n) is 2.82. The van der Waals surface area contributed by atoms with Crippen LogP contribution in [0.1, 0.15) is 52.7 Å². The van der Waals surface area contributed by atoms with Gasteiger partial charge in [0.1, 0.15) is 12.0 Å². The van der Waals surface area contributed by atoms with Gasteiger partial charge in [-0.3, -0.25) is 0 Å². The largest absolute Gasteiger partial charge is 0.497 e. The molecule has 0 atom stereocenters. The molecule has 0 spiro atoms. The first kappa shape index (κ1) is 31.9. The quantitative estimate of drug-likeness (QED) is 0.374. The van der Waals surface area contributed by atoms with E-state index >= 15 is 0 Å². The van der Waals surface area contributed by atoms with Crippen LogP contribution in [-0.4, -0.2) is 20.4 Å². The van der Waals surface area contributed by atoms with Gasteiger partial charge in [0.05, 0.1) is 12.9 Å². The van der Waals surface area contributed by atoms with Gasteiger partial charge in [-0.25, -0.2) is 0 Å². The Morgan fingerprint density at radius 3 is 2.12 bits per heavy atom. The molecule has 0 amide bonds. The van der Waals surface area contributed by atoms with Gasteiger partial charge < -0.3 is 20.2 Å². The Hall–Kier alpha value is -3.27. The molecule has 3 aromatic carbocycles. The van der Waals surface area contributed by atoms with Gasteiger partial charge in [0.2, 0.25) is 0 Å². The van der Waals surface area contributed by atoms with Crippen molar-refractivity contribution in [3.8, 4) is 5.75 Å². The molecule has 3 rings (SSSR count). The van der Waals surface area contributed by atoms with Crippen molar-refractivity contribution in [1.29, 1.82) is 0 Å². The summed E-state index contributed by atoms with van der Waals surface area (Å²) < 4.78 is 5.05. The third-order valence-corrected chi connectivity index (χ3v) is 4.37. The molecule has 0 saturated carbocycles. The molecule has 0 bridgehead atoms. The maximum absolute atomic E-state index is 8.81. The average Bonchev–Trinajstić information content (AvgIpc) is 2.85. The van der Waals surface area contributed by atoms with Crippen molar-refractivity contribution < 1.29 is 9.53 Å². The number of hydrogen-bond acceptors (Lipinski definition) is 4. The van der Waals surface area contributed by atoms with Gasteiger partial charge in [0.25, 0.3) is 0 Å². The zero-order valence-electron chi connectivity index (χ0n) is 20.6. The zero-order chi connectivity index (χ0) is 24.2. The maximum atomic E-state index is 8.81. The highest BCUT2D eigenvalue weighted by Crippen LogP contribution is 2.18. The smallest absolute Gasteiger partial charge is 0.118 e. The summed E-state index contributed by atoms with van der Waals surface area (Å²) in [5.41, 5.74) is 2.67. The maximum Gasteiger partial charge on any atom is 0.118 e. The molecule has 0 aromatic heterocycles. The number of carbonyl (C=O) groups is 1. The molecule has 0 aliphatic carbocycles. The molecule has 0 unspecified atom stereocenters. The van der Waals surface area contributed by atoms with Crippen molar-refractivity contribution in [2.45, 2.75) is 54.5 Å². The number of ether oxygens (including phenoxy) is 1. The van der Waals surface area contributed by atoms with Crippen LogP contribution >= 0.6 is 0 Å². The van der Waals surface area contributed by atoms with Gasteiger partial charge in [-0.05, 0) is 47.4 Å². The number of aryl methyl sites for hydroxylation is 1. The Bertz CT molecular complexity index is 884. The summed E-state index contributed by atoms with van der Waals surface area (Å²) >= 11 is 0. The van der Waals surface area contributed by atoms with Crippen LogP contribution in [0.4, 0.5) is 0 Å². The predicted octanol–water partition coefficient (Wildman–Crippen LogP) is 7.14. The summed E-state index contributed by atoms with van der Waals surface area (Å²) in [5, 5.41) is 8.78. The molecule has 4 nitrogen and oxygen atoms in total. The molecule has 4 heteroatoms. The van der Waals surface area contributed by atoms with Gasteiger partial charge in [-0.15, -0.1) is 0 Å². The molecule has 0 aliphatic rings. The first-order valence-electron chi connectivity index (χ1n) is 11.2. The molecular weight excluding hydrogens is 408 g/mol. The van der Waals surface area contributed by atoms with Crippen molar-refractivity contribution in [2.75, 3.05) is 14.2 Å². The van der Waals surface area contributed by atoms with E-state index in [1.165, 1.54) is 35.2 Å². The van der Waals surface area contributed by atoms with E-state index in [2.05, 4.69) is 78.7 Å². The molecule has 0 heterocycles. The number of benzene rings is 3. The van der Waals surface area contributed by atoms with E-state index in [0.717, 1.165) is 30.8 Å². The molecule has 0 fully saturated rings. The lowest BCUT2D eigenvalue weighted by Gasteiger charge is -2.10. The Balaban J connectivity index is 0. The highest BCUT2D eigenvalue weighted by molar-refractivity contribution is 5.85. The number of aldehydes is 1. The summed E-state index contributed by atoms with van der Waals surface area (Å²) in [7, 11) is 3.55. The van der Waals surface area contributed by atoms with Gasteiger partial charge in [-0.1, -0.05) is 95.8 Å². The Kier molecular flexibility index (Phi) is 19.9. The van der Waals surface area contributed by atoms with Crippen LogP contribution in [0.5, 0.6) is 5.75 Å². The number of carbonyl (C=O) groups excluding carboxylic acids is 1.